The molecule has 1 aliphatic carbocycles. The number of pyridine rings is 1. The van der Waals surface area contributed by atoms with Crippen LogP contribution in [0, 0.1) is 22.0 Å². The predicted octanol–water partition coefficient (Wildman–Crippen LogP) is 2.27. The van der Waals surface area contributed by atoms with Crippen molar-refractivity contribution < 1.29 is 4.92 Å². The molecule has 2 heterocycles. The highest BCUT2D eigenvalue weighted by molar-refractivity contribution is 5.62. The van der Waals surface area contributed by atoms with Crippen LogP contribution in [0.1, 0.15) is 19.3 Å². The van der Waals surface area contributed by atoms with Crippen molar-refractivity contribution in [3.05, 3.63) is 22.2 Å². The highest BCUT2D eigenvalue weighted by Gasteiger charge is 2.38. The van der Waals surface area contributed by atoms with E-state index in [4.69, 9.17) is 0 Å². The van der Waals surface area contributed by atoms with Gasteiger partial charge < -0.3 is 10.2 Å². The third-order valence-electron chi connectivity index (χ3n) is 4.33. The van der Waals surface area contributed by atoms with Gasteiger partial charge in [0.15, 0.2) is 0 Å². The Morgan fingerprint density at radius 1 is 1.37 bits per heavy atom. The lowest BCUT2D eigenvalue weighted by Gasteiger charge is -2.18. The van der Waals surface area contributed by atoms with E-state index in [2.05, 4.69) is 15.2 Å². The molecule has 1 saturated heterocycles. The van der Waals surface area contributed by atoms with Gasteiger partial charge in [-0.05, 0) is 30.7 Å². The van der Waals surface area contributed by atoms with Gasteiger partial charge in [0.2, 0.25) is 5.82 Å². The van der Waals surface area contributed by atoms with E-state index < -0.39 is 0 Å². The molecule has 2 atom stereocenters. The summed E-state index contributed by atoms with van der Waals surface area (Å²) < 4.78 is 0. The third-order valence-corrected chi connectivity index (χ3v) is 4.33. The van der Waals surface area contributed by atoms with Crippen LogP contribution < -0.4 is 10.2 Å². The molecule has 0 radical (unpaired) electrons. The predicted molar refractivity (Wildman–Crippen MR) is 73.5 cm³/mol. The number of fused-ring (bicyclic) bond motifs is 1. The lowest BCUT2D eigenvalue weighted by atomic mass is 10.0. The largest absolute Gasteiger partial charge is 0.373 e. The lowest BCUT2D eigenvalue weighted by Crippen LogP contribution is -2.23. The molecule has 19 heavy (non-hydrogen) atoms. The molecular weight excluding hydrogens is 244 g/mol. The first-order chi connectivity index (χ1) is 9.19. The lowest BCUT2D eigenvalue weighted by molar-refractivity contribution is -0.384. The first-order valence-electron chi connectivity index (χ1n) is 6.77. The maximum Gasteiger partial charge on any atom is 0.311 e. The van der Waals surface area contributed by atoms with E-state index in [1.807, 2.05) is 0 Å². The molecule has 1 aromatic rings. The Morgan fingerprint density at radius 3 is 2.63 bits per heavy atom. The van der Waals surface area contributed by atoms with Crippen molar-refractivity contribution >= 4 is 17.3 Å². The first-order valence-corrected chi connectivity index (χ1v) is 6.77. The van der Waals surface area contributed by atoms with Crippen LogP contribution >= 0.6 is 0 Å². The fraction of sp³-hybridized carbons (Fsp3) is 0.615. The maximum absolute atomic E-state index is 11.1. The zero-order valence-electron chi connectivity index (χ0n) is 11.0. The number of rotatable bonds is 3. The molecule has 2 fully saturated rings. The van der Waals surface area contributed by atoms with Crippen molar-refractivity contribution in [2.75, 3.05) is 30.4 Å². The van der Waals surface area contributed by atoms with E-state index in [9.17, 15) is 10.1 Å². The van der Waals surface area contributed by atoms with Crippen molar-refractivity contribution in [3.8, 4) is 0 Å². The Balaban J connectivity index is 1.92. The van der Waals surface area contributed by atoms with Gasteiger partial charge in [0.1, 0.15) is 5.82 Å². The SMILES string of the molecule is CNc1ccc([N+](=O)[O-])c(N2CC3CCCC3C2)n1. The molecular formula is C13H18N4O2. The summed E-state index contributed by atoms with van der Waals surface area (Å²) in [6.07, 6.45) is 3.80. The third kappa shape index (κ3) is 2.11. The minimum Gasteiger partial charge on any atom is -0.373 e. The van der Waals surface area contributed by atoms with Crippen molar-refractivity contribution in [2.24, 2.45) is 11.8 Å². The Labute approximate surface area is 112 Å². The summed E-state index contributed by atoms with van der Waals surface area (Å²) >= 11 is 0. The van der Waals surface area contributed by atoms with E-state index in [1.165, 1.54) is 19.3 Å². The number of hydrogen-bond donors (Lipinski definition) is 1. The van der Waals surface area contributed by atoms with Crippen molar-refractivity contribution in [1.82, 2.24) is 4.98 Å². The molecule has 1 aromatic heterocycles. The smallest absolute Gasteiger partial charge is 0.311 e. The second kappa shape index (κ2) is 4.68. The van der Waals surface area contributed by atoms with E-state index in [-0.39, 0.29) is 10.6 Å². The molecule has 0 aromatic carbocycles. The summed E-state index contributed by atoms with van der Waals surface area (Å²) in [5, 5.41) is 14.1. The van der Waals surface area contributed by atoms with Gasteiger partial charge in [-0.1, -0.05) is 6.42 Å². The second-order valence-corrected chi connectivity index (χ2v) is 5.40. The quantitative estimate of drug-likeness (QED) is 0.668. The first kappa shape index (κ1) is 12.2. The molecule has 102 valence electrons. The summed E-state index contributed by atoms with van der Waals surface area (Å²) in [5.41, 5.74) is 0.110. The zero-order chi connectivity index (χ0) is 13.4. The standard InChI is InChI=1S/C13H18N4O2/c1-14-12-6-5-11(17(18)19)13(15-12)16-7-9-3-2-4-10(9)8-16/h5-6,9-10H,2-4,7-8H2,1H3,(H,14,15). The highest BCUT2D eigenvalue weighted by Crippen LogP contribution is 2.41. The molecule has 1 saturated carbocycles. The van der Waals surface area contributed by atoms with E-state index in [1.54, 1.807) is 19.2 Å². The maximum atomic E-state index is 11.1. The zero-order valence-corrected chi connectivity index (χ0v) is 11.0. The molecule has 2 aliphatic rings. The average molecular weight is 262 g/mol. The van der Waals surface area contributed by atoms with Crippen molar-refractivity contribution in [2.45, 2.75) is 19.3 Å². The Bertz CT molecular complexity index is 493. The monoisotopic (exact) mass is 262 g/mol. The van der Waals surface area contributed by atoms with Crippen LogP contribution in [0.2, 0.25) is 0 Å². The minimum atomic E-state index is -0.337. The number of aromatic nitrogens is 1. The van der Waals surface area contributed by atoms with Gasteiger partial charge in [-0.25, -0.2) is 4.98 Å². The minimum absolute atomic E-state index is 0.110. The van der Waals surface area contributed by atoms with Gasteiger partial charge in [0, 0.05) is 26.2 Å². The highest BCUT2D eigenvalue weighted by atomic mass is 16.6. The van der Waals surface area contributed by atoms with Crippen LogP contribution in [-0.4, -0.2) is 30.0 Å². The van der Waals surface area contributed by atoms with Gasteiger partial charge in [-0.2, -0.15) is 0 Å². The fourth-order valence-corrected chi connectivity index (χ4v) is 3.36. The number of nitrogens with one attached hydrogen (secondary N) is 1. The summed E-state index contributed by atoms with van der Waals surface area (Å²) in [6.45, 7) is 1.82. The summed E-state index contributed by atoms with van der Waals surface area (Å²) in [7, 11) is 1.77. The fourth-order valence-electron chi connectivity index (χ4n) is 3.36. The van der Waals surface area contributed by atoms with E-state index in [0.29, 0.717) is 23.5 Å². The molecule has 3 rings (SSSR count). The molecule has 6 heteroatoms. The molecule has 0 bridgehead atoms. The summed E-state index contributed by atoms with van der Waals surface area (Å²) in [5.74, 6) is 2.59. The topological polar surface area (TPSA) is 71.3 Å². The van der Waals surface area contributed by atoms with Gasteiger partial charge in [0.05, 0.1) is 4.92 Å². The number of hydrogen-bond acceptors (Lipinski definition) is 5. The summed E-state index contributed by atoms with van der Waals surface area (Å²) in [6, 6.07) is 3.20. The van der Waals surface area contributed by atoms with Crippen LogP contribution in [0.3, 0.4) is 0 Å². The van der Waals surface area contributed by atoms with Gasteiger partial charge in [-0.3, -0.25) is 10.1 Å². The van der Waals surface area contributed by atoms with Gasteiger partial charge in [0.25, 0.3) is 0 Å². The van der Waals surface area contributed by atoms with Crippen molar-refractivity contribution in [1.29, 1.82) is 0 Å². The van der Waals surface area contributed by atoms with Crippen LogP contribution in [0.4, 0.5) is 17.3 Å². The van der Waals surface area contributed by atoms with Crippen molar-refractivity contribution in [3.63, 3.8) is 0 Å². The average Bonchev–Trinajstić information content (AvgIpc) is 2.98. The number of nitro groups is 1. The molecule has 1 aliphatic heterocycles. The van der Waals surface area contributed by atoms with E-state index in [0.717, 1.165) is 13.1 Å². The van der Waals surface area contributed by atoms with Gasteiger partial charge in [-0.15, -0.1) is 0 Å². The molecule has 6 nitrogen and oxygen atoms in total. The Kier molecular flexibility index (Phi) is 3.00. The van der Waals surface area contributed by atoms with Crippen LogP contribution in [0.15, 0.2) is 12.1 Å². The molecule has 0 amide bonds. The Hall–Kier alpha value is -1.85. The summed E-state index contributed by atoms with van der Waals surface area (Å²) in [4.78, 5) is 17.3. The molecule has 2 unspecified atom stereocenters. The Morgan fingerprint density at radius 2 is 2.05 bits per heavy atom. The number of anilines is 2. The van der Waals surface area contributed by atoms with Crippen LogP contribution in [0.25, 0.3) is 0 Å². The molecule has 1 N–H and O–H groups in total. The van der Waals surface area contributed by atoms with E-state index >= 15 is 0 Å². The van der Waals surface area contributed by atoms with Gasteiger partial charge >= 0.3 is 5.69 Å². The second-order valence-electron chi connectivity index (χ2n) is 5.40. The van der Waals surface area contributed by atoms with Crippen LogP contribution in [-0.2, 0) is 0 Å². The molecule has 0 spiro atoms. The van der Waals surface area contributed by atoms with Crippen LogP contribution in [0.5, 0.6) is 0 Å². The normalized spacial score (nSPS) is 25.4. The number of nitrogens with zero attached hydrogens (tertiary/aromatic N) is 3.